The number of aromatic amines is 1. The summed E-state index contributed by atoms with van der Waals surface area (Å²) >= 11 is 0. The van der Waals surface area contributed by atoms with Gasteiger partial charge < -0.3 is 36.1 Å². The highest BCUT2D eigenvalue weighted by molar-refractivity contribution is 5.91. The molecule has 1 fully saturated rings. The van der Waals surface area contributed by atoms with Crippen molar-refractivity contribution in [2.45, 2.75) is 76.3 Å². The Morgan fingerprint density at radius 2 is 1.79 bits per heavy atom. The molecule has 2 amide bonds. The standard InChI is InChI=1S/C27H36FN5O9/c1-4-13(2)19(31-22(36)14(3)30-24(38)17(29)10-15-8-6-5-7-9-15)26(39)41-12-18-20(34)21(35)25(42-18)33-11-16(28)23(37)32-27(33)40/h5-9,11,13-14,17-21,25,34-35H,4,10,12,29H2,1-3H3,(H,30,38)(H,31,36)(H,32,37,40)/t13-,14-,17-,18+,19-,20+,21+,25+/m0/s1. The van der Waals surface area contributed by atoms with Gasteiger partial charge >= 0.3 is 11.7 Å². The number of benzene rings is 1. The van der Waals surface area contributed by atoms with Gasteiger partial charge in [-0.1, -0.05) is 50.6 Å². The number of nitrogens with one attached hydrogen (secondary N) is 3. The first kappa shape index (κ1) is 32.6. The van der Waals surface area contributed by atoms with E-state index >= 15 is 0 Å². The van der Waals surface area contributed by atoms with Crippen LogP contribution in [0.2, 0.25) is 0 Å². The van der Waals surface area contributed by atoms with Crippen LogP contribution in [0.5, 0.6) is 0 Å². The molecule has 42 heavy (non-hydrogen) atoms. The number of hydrogen-bond donors (Lipinski definition) is 6. The Balaban J connectivity index is 1.59. The van der Waals surface area contributed by atoms with Gasteiger partial charge in [0.15, 0.2) is 6.23 Å². The summed E-state index contributed by atoms with van der Waals surface area (Å²) in [6.45, 7) is 4.34. The second-order valence-electron chi connectivity index (χ2n) is 10.2. The van der Waals surface area contributed by atoms with E-state index in [1.165, 1.54) is 6.92 Å². The molecule has 7 N–H and O–H groups in total. The average molecular weight is 594 g/mol. The maximum atomic E-state index is 13.7. The molecule has 1 aliphatic rings. The fourth-order valence-corrected chi connectivity index (χ4v) is 4.29. The van der Waals surface area contributed by atoms with Crippen LogP contribution in [0.4, 0.5) is 4.39 Å². The number of nitrogens with two attached hydrogens (primary N) is 1. The van der Waals surface area contributed by atoms with E-state index in [2.05, 4.69) is 10.6 Å². The van der Waals surface area contributed by atoms with E-state index in [0.717, 1.165) is 5.56 Å². The summed E-state index contributed by atoms with van der Waals surface area (Å²) in [5.41, 5.74) is 4.48. The van der Waals surface area contributed by atoms with Gasteiger partial charge in [0.05, 0.1) is 12.2 Å². The summed E-state index contributed by atoms with van der Waals surface area (Å²) < 4.78 is 25.0. The summed E-state index contributed by atoms with van der Waals surface area (Å²) in [7, 11) is 0. The molecule has 1 saturated heterocycles. The van der Waals surface area contributed by atoms with Crippen molar-refractivity contribution in [1.82, 2.24) is 20.2 Å². The molecule has 2 heterocycles. The van der Waals surface area contributed by atoms with Crippen LogP contribution in [0.15, 0.2) is 46.1 Å². The van der Waals surface area contributed by atoms with Crippen molar-refractivity contribution in [3.05, 3.63) is 68.7 Å². The monoisotopic (exact) mass is 593 g/mol. The molecule has 2 aromatic rings. The summed E-state index contributed by atoms with van der Waals surface area (Å²) in [5, 5.41) is 25.8. The molecular weight excluding hydrogens is 557 g/mol. The molecule has 3 rings (SSSR count). The highest BCUT2D eigenvalue weighted by Crippen LogP contribution is 2.28. The maximum absolute atomic E-state index is 13.7. The average Bonchev–Trinajstić information content (AvgIpc) is 3.24. The lowest BCUT2D eigenvalue weighted by atomic mass is 9.98. The van der Waals surface area contributed by atoms with Crippen molar-refractivity contribution >= 4 is 17.8 Å². The molecule has 15 heteroatoms. The Hall–Kier alpha value is -3.92. The molecular formula is C27H36FN5O9. The molecule has 0 aliphatic carbocycles. The topological polar surface area (TPSA) is 215 Å². The zero-order chi connectivity index (χ0) is 31.1. The van der Waals surface area contributed by atoms with Crippen LogP contribution in [-0.2, 0) is 30.3 Å². The molecule has 0 unspecified atom stereocenters. The Kier molecular flexibility index (Phi) is 11.1. The predicted molar refractivity (Wildman–Crippen MR) is 145 cm³/mol. The van der Waals surface area contributed by atoms with Gasteiger partial charge in [0.1, 0.15) is 37.0 Å². The van der Waals surface area contributed by atoms with Crippen molar-refractivity contribution in [1.29, 1.82) is 0 Å². The van der Waals surface area contributed by atoms with Crippen molar-refractivity contribution in [2.24, 2.45) is 11.7 Å². The third-order valence-corrected chi connectivity index (χ3v) is 7.08. The van der Waals surface area contributed by atoms with E-state index in [1.54, 1.807) is 18.8 Å². The van der Waals surface area contributed by atoms with Gasteiger partial charge in [-0.3, -0.25) is 23.9 Å². The number of hydrogen-bond acceptors (Lipinski definition) is 10. The van der Waals surface area contributed by atoms with Crippen LogP contribution >= 0.6 is 0 Å². The van der Waals surface area contributed by atoms with Gasteiger partial charge in [0, 0.05) is 0 Å². The quantitative estimate of drug-likeness (QED) is 0.156. The second-order valence-corrected chi connectivity index (χ2v) is 10.2. The highest BCUT2D eigenvalue weighted by atomic mass is 19.1. The maximum Gasteiger partial charge on any atom is 0.330 e. The summed E-state index contributed by atoms with van der Waals surface area (Å²) in [6, 6.07) is 6.04. The summed E-state index contributed by atoms with van der Waals surface area (Å²) in [4.78, 5) is 63.5. The van der Waals surface area contributed by atoms with Crippen molar-refractivity contribution < 1.29 is 38.5 Å². The number of esters is 1. The Morgan fingerprint density at radius 1 is 1.12 bits per heavy atom. The number of ether oxygens (including phenoxy) is 2. The van der Waals surface area contributed by atoms with Crippen LogP contribution in [0, 0.1) is 11.7 Å². The van der Waals surface area contributed by atoms with Crippen molar-refractivity contribution in [3.8, 4) is 0 Å². The lowest BCUT2D eigenvalue weighted by molar-refractivity contribution is -0.155. The number of amides is 2. The molecule has 0 bridgehead atoms. The summed E-state index contributed by atoms with van der Waals surface area (Å²) in [6.07, 6.45) is -5.01. The molecule has 14 nitrogen and oxygen atoms in total. The Bertz CT molecular complexity index is 1370. The first-order valence-electron chi connectivity index (χ1n) is 13.4. The minimum Gasteiger partial charge on any atom is -0.461 e. The van der Waals surface area contributed by atoms with E-state index in [-0.39, 0.29) is 6.42 Å². The van der Waals surface area contributed by atoms with Crippen LogP contribution in [0.3, 0.4) is 0 Å². The molecule has 8 atom stereocenters. The van der Waals surface area contributed by atoms with Crippen LogP contribution in [-0.4, -0.2) is 80.6 Å². The largest absolute Gasteiger partial charge is 0.461 e. The fraction of sp³-hybridized carbons (Fsp3) is 0.519. The van der Waals surface area contributed by atoms with E-state index in [9.17, 15) is 38.6 Å². The predicted octanol–water partition coefficient (Wildman–Crippen LogP) is -1.56. The zero-order valence-corrected chi connectivity index (χ0v) is 23.4. The first-order chi connectivity index (χ1) is 19.8. The van der Waals surface area contributed by atoms with E-state index in [0.29, 0.717) is 17.2 Å². The highest BCUT2D eigenvalue weighted by Gasteiger charge is 2.45. The number of aliphatic hydroxyl groups is 2. The van der Waals surface area contributed by atoms with E-state index < -0.39 is 90.0 Å². The number of H-pyrrole nitrogens is 1. The zero-order valence-electron chi connectivity index (χ0n) is 23.4. The fourth-order valence-electron chi connectivity index (χ4n) is 4.29. The van der Waals surface area contributed by atoms with Gasteiger partial charge in [-0.15, -0.1) is 0 Å². The van der Waals surface area contributed by atoms with Crippen LogP contribution < -0.4 is 27.6 Å². The second kappa shape index (κ2) is 14.3. The van der Waals surface area contributed by atoms with E-state index in [4.69, 9.17) is 15.2 Å². The van der Waals surface area contributed by atoms with Gasteiger partial charge in [-0.25, -0.2) is 9.59 Å². The minimum absolute atomic E-state index is 0.263. The molecule has 230 valence electrons. The number of aliphatic hydroxyl groups excluding tert-OH is 2. The van der Waals surface area contributed by atoms with E-state index in [1.807, 2.05) is 30.3 Å². The smallest absolute Gasteiger partial charge is 0.330 e. The molecule has 1 aromatic heterocycles. The van der Waals surface area contributed by atoms with Gasteiger partial charge in [-0.2, -0.15) is 4.39 Å². The number of nitrogens with zero attached hydrogens (tertiary/aromatic N) is 1. The number of halogens is 1. The third kappa shape index (κ3) is 7.88. The number of carbonyl (C=O) groups excluding carboxylic acids is 3. The number of aromatic nitrogens is 2. The molecule has 0 spiro atoms. The van der Waals surface area contributed by atoms with Gasteiger partial charge in [0.25, 0.3) is 5.56 Å². The normalized spacial score (nSPS) is 22.9. The number of carbonyl (C=O) groups is 3. The molecule has 1 aliphatic heterocycles. The number of rotatable bonds is 12. The summed E-state index contributed by atoms with van der Waals surface area (Å²) in [5.74, 6) is -3.81. The third-order valence-electron chi connectivity index (χ3n) is 7.08. The molecule has 0 radical (unpaired) electrons. The molecule has 0 saturated carbocycles. The van der Waals surface area contributed by atoms with Crippen molar-refractivity contribution in [2.75, 3.05) is 6.61 Å². The van der Waals surface area contributed by atoms with Gasteiger partial charge in [0.2, 0.25) is 17.6 Å². The molecule has 1 aromatic carbocycles. The van der Waals surface area contributed by atoms with Crippen LogP contribution in [0.1, 0.15) is 39.0 Å². The van der Waals surface area contributed by atoms with Crippen LogP contribution in [0.25, 0.3) is 0 Å². The Morgan fingerprint density at radius 3 is 2.43 bits per heavy atom. The SMILES string of the molecule is CC[C@H](C)[C@H](NC(=O)[C@H](C)NC(=O)[C@@H](N)Cc1ccccc1)C(=O)OC[C@H]1O[C@@H](n2cc(F)c(=O)[nH]c2=O)[C@H](O)[C@@H]1O. The first-order valence-corrected chi connectivity index (χ1v) is 13.4. The lowest BCUT2D eigenvalue weighted by Crippen LogP contribution is -2.55. The minimum atomic E-state index is -1.72. The van der Waals surface area contributed by atoms with Crippen molar-refractivity contribution in [3.63, 3.8) is 0 Å². The lowest BCUT2D eigenvalue weighted by Gasteiger charge is -2.26. The Labute approximate surface area is 240 Å². The van der Waals surface area contributed by atoms with Gasteiger partial charge in [-0.05, 0) is 24.8 Å².